The first-order valence-electron chi connectivity index (χ1n) is 21.8. The summed E-state index contributed by atoms with van der Waals surface area (Å²) < 4.78 is 42.9. The minimum Gasteiger partial charge on any atom is -0.392 e. The Morgan fingerprint density at radius 2 is 1.48 bits per heavy atom. The van der Waals surface area contributed by atoms with Gasteiger partial charge in [0.15, 0.2) is 6.29 Å². The second kappa shape index (κ2) is 20.0. The van der Waals surface area contributed by atoms with E-state index >= 15 is 0 Å². The molecule has 10 nitrogen and oxygen atoms in total. The van der Waals surface area contributed by atoms with Crippen LogP contribution in [0.3, 0.4) is 0 Å². The number of aryl methyl sites for hydroxylation is 1. The molecule has 0 radical (unpaired) electrons. The first-order valence-corrected chi connectivity index (χ1v) is 23.2. The second-order valence-electron chi connectivity index (χ2n) is 16.9. The predicted octanol–water partition coefficient (Wildman–Crippen LogP) is 7.47. The zero-order valence-electron chi connectivity index (χ0n) is 35.0. The van der Waals surface area contributed by atoms with Gasteiger partial charge in [0.1, 0.15) is 6.04 Å². The van der Waals surface area contributed by atoms with Gasteiger partial charge in [-0.2, -0.15) is 4.72 Å². The summed E-state index contributed by atoms with van der Waals surface area (Å²) in [5.41, 5.74) is 7.58. The molecule has 3 fully saturated rings. The molecular formula is C50H58N4O6S. The summed E-state index contributed by atoms with van der Waals surface area (Å²) in [4.78, 5) is 19.1. The van der Waals surface area contributed by atoms with Crippen LogP contribution in [0.2, 0.25) is 0 Å². The van der Waals surface area contributed by atoms with Gasteiger partial charge in [0.25, 0.3) is 0 Å². The van der Waals surface area contributed by atoms with Gasteiger partial charge in [-0.25, -0.2) is 8.42 Å². The van der Waals surface area contributed by atoms with Crippen LogP contribution in [0.5, 0.6) is 0 Å². The maximum Gasteiger partial charge on any atom is 0.241 e. The molecule has 0 saturated carbocycles. The molecule has 8 rings (SSSR count). The van der Waals surface area contributed by atoms with Crippen molar-refractivity contribution in [2.24, 2.45) is 0 Å². The van der Waals surface area contributed by atoms with Gasteiger partial charge in [-0.1, -0.05) is 115 Å². The molecule has 0 bridgehead atoms. The highest BCUT2D eigenvalue weighted by atomic mass is 32.2. The summed E-state index contributed by atoms with van der Waals surface area (Å²) in [5, 5.41) is 12.7. The fourth-order valence-electron chi connectivity index (χ4n) is 8.92. The number of amides is 1. The highest BCUT2D eigenvalue weighted by Crippen LogP contribution is 2.39. The maximum absolute atomic E-state index is 13.7. The molecular weight excluding hydrogens is 785 g/mol. The van der Waals surface area contributed by atoms with Crippen LogP contribution in [-0.2, 0) is 43.9 Å². The van der Waals surface area contributed by atoms with Crippen molar-refractivity contribution < 1.29 is 27.8 Å². The molecule has 3 saturated heterocycles. The summed E-state index contributed by atoms with van der Waals surface area (Å²) >= 11 is 0. The first-order chi connectivity index (χ1) is 29.7. The summed E-state index contributed by atoms with van der Waals surface area (Å²) in [6, 6.07) is 39.9. The lowest BCUT2D eigenvalue weighted by Crippen LogP contribution is -2.47. The molecule has 0 unspecified atom stereocenters. The number of aliphatic hydroxyl groups is 1. The van der Waals surface area contributed by atoms with Crippen LogP contribution >= 0.6 is 0 Å². The molecule has 3 N–H and O–H groups in total. The molecule has 0 aromatic heterocycles. The number of likely N-dealkylation sites (tertiary alicyclic amines) is 2. The lowest BCUT2D eigenvalue weighted by Gasteiger charge is -2.39. The van der Waals surface area contributed by atoms with Gasteiger partial charge >= 0.3 is 0 Å². The Kier molecular flexibility index (Phi) is 14.1. The summed E-state index contributed by atoms with van der Waals surface area (Å²) in [5.74, 6) is -0.408. The van der Waals surface area contributed by atoms with Gasteiger partial charge in [-0.15, -0.1) is 0 Å². The maximum atomic E-state index is 13.7. The van der Waals surface area contributed by atoms with E-state index in [9.17, 15) is 18.3 Å². The smallest absolute Gasteiger partial charge is 0.241 e. The first kappa shape index (κ1) is 42.9. The zero-order valence-corrected chi connectivity index (χ0v) is 35.8. The minimum absolute atomic E-state index is 0.00257. The van der Waals surface area contributed by atoms with Gasteiger partial charge in [0.05, 0.1) is 23.7 Å². The Morgan fingerprint density at radius 3 is 2.21 bits per heavy atom. The number of hydrogen-bond donors (Lipinski definition) is 3. The SMILES string of the molecule is Cc1ccc(S(=O)(=O)N[C@H](Cc2ccccc2)C(=O)NCc2cccc(-c3ccc([C@H]4O[C@@H](CN5CCC[C@H]5CN5CCCC5)C[C@@H](c5ccc(CO)cc5)O4)cc3)c2)cc1. The Balaban J connectivity index is 0.944. The van der Waals surface area contributed by atoms with Crippen molar-refractivity contribution in [3.05, 3.63) is 161 Å². The number of nitrogens with one attached hydrogen (secondary N) is 2. The quantitative estimate of drug-likeness (QED) is 0.0937. The molecule has 3 aliphatic rings. The molecule has 3 heterocycles. The van der Waals surface area contributed by atoms with E-state index in [0.717, 1.165) is 70.6 Å². The van der Waals surface area contributed by atoms with E-state index in [0.29, 0.717) is 6.04 Å². The van der Waals surface area contributed by atoms with Crippen molar-refractivity contribution in [3.63, 3.8) is 0 Å². The number of aliphatic hydroxyl groups excluding tert-OH is 1. The van der Waals surface area contributed by atoms with Gasteiger partial charge in [0.2, 0.25) is 15.9 Å². The van der Waals surface area contributed by atoms with Crippen molar-refractivity contribution in [1.29, 1.82) is 0 Å². The number of carbonyl (C=O) groups is 1. The Bertz CT molecular complexity index is 2300. The molecule has 0 aliphatic carbocycles. The molecule has 0 spiro atoms. The van der Waals surface area contributed by atoms with Gasteiger partial charge in [-0.3, -0.25) is 9.69 Å². The van der Waals surface area contributed by atoms with Gasteiger partial charge < -0.3 is 24.8 Å². The fraction of sp³-hybridized carbons (Fsp3) is 0.380. The Morgan fingerprint density at radius 1 is 0.754 bits per heavy atom. The summed E-state index contributed by atoms with van der Waals surface area (Å²) in [6.07, 6.45) is 5.33. The Labute approximate surface area is 361 Å². The van der Waals surface area contributed by atoms with E-state index < -0.39 is 28.3 Å². The van der Waals surface area contributed by atoms with E-state index in [1.165, 1.54) is 38.8 Å². The van der Waals surface area contributed by atoms with Crippen LogP contribution in [0.4, 0.5) is 0 Å². The van der Waals surface area contributed by atoms with Crippen LogP contribution in [-0.4, -0.2) is 80.1 Å². The lowest BCUT2D eigenvalue weighted by molar-refractivity contribution is -0.253. The van der Waals surface area contributed by atoms with E-state index in [-0.39, 0.29) is 36.7 Å². The fourth-order valence-corrected chi connectivity index (χ4v) is 10.1. The third kappa shape index (κ3) is 11.2. The third-order valence-corrected chi connectivity index (χ3v) is 13.8. The monoisotopic (exact) mass is 842 g/mol. The van der Waals surface area contributed by atoms with Crippen molar-refractivity contribution in [2.75, 3.05) is 32.7 Å². The van der Waals surface area contributed by atoms with Crippen molar-refractivity contribution in [3.8, 4) is 11.1 Å². The Hall–Kier alpha value is -4.72. The topological polar surface area (TPSA) is 120 Å². The average molecular weight is 843 g/mol. The number of sulfonamides is 1. The second-order valence-corrected chi connectivity index (χ2v) is 18.6. The largest absolute Gasteiger partial charge is 0.392 e. The molecule has 320 valence electrons. The normalized spacial score (nSPS) is 21.7. The van der Waals surface area contributed by atoms with Crippen molar-refractivity contribution in [2.45, 2.75) is 94.1 Å². The predicted molar refractivity (Wildman–Crippen MR) is 238 cm³/mol. The summed E-state index contributed by atoms with van der Waals surface area (Å²) in [7, 11) is -3.95. The van der Waals surface area contributed by atoms with E-state index in [4.69, 9.17) is 9.47 Å². The van der Waals surface area contributed by atoms with Crippen LogP contribution in [0.25, 0.3) is 11.1 Å². The molecule has 1 amide bonds. The van der Waals surface area contributed by atoms with Crippen LogP contribution in [0, 0.1) is 6.92 Å². The molecule has 5 aromatic carbocycles. The number of rotatable bonds is 16. The number of nitrogens with zero attached hydrogens (tertiary/aromatic N) is 2. The molecule has 5 aromatic rings. The standard InChI is InChI=1S/C50H58N4O6S/c1-36-14-24-46(25-15-36)61(57,58)52-47(30-37-9-3-2-4-10-37)49(56)51-32-39-11-7-12-43(29-39)40-20-22-42(23-21-40)50-59-45(31-48(60-50)41-18-16-38(35-55)17-19-41)34-54-28-8-13-44(54)33-53-26-5-6-27-53/h2-4,7,9-12,14-25,29,44-45,47-48,50,52,55H,5-6,8,13,26-28,30-35H2,1H3,(H,51,56)/t44-,45+,47+,48-,50-/m0/s1. The van der Waals surface area contributed by atoms with Crippen molar-refractivity contribution >= 4 is 15.9 Å². The number of ether oxygens (including phenoxy) is 2. The number of hydrogen-bond acceptors (Lipinski definition) is 8. The van der Waals surface area contributed by atoms with E-state index in [1.54, 1.807) is 24.3 Å². The van der Waals surface area contributed by atoms with Gasteiger partial charge in [-0.05, 0) is 110 Å². The van der Waals surface area contributed by atoms with Crippen LogP contribution in [0.1, 0.15) is 77.9 Å². The van der Waals surface area contributed by atoms with E-state index in [1.807, 2.05) is 73.7 Å². The average Bonchev–Trinajstić information content (AvgIpc) is 3.98. The highest BCUT2D eigenvalue weighted by Gasteiger charge is 2.36. The molecule has 5 atom stereocenters. The molecule has 11 heteroatoms. The minimum atomic E-state index is -3.95. The zero-order chi connectivity index (χ0) is 42.2. The van der Waals surface area contributed by atoms with Gasteiger partial charge in [0, 0.05) is 37.7 Å². The van der Waals surface area contributed by atoms with Crippen LogP contribution in [0.15, 0.2) is 132 Å². The molecule has 3 aliphatic heterocycles. The molecule has 61 heavy (non-hydrogen) atoms. The van der Waals surface area contributed by atoms with E-state index in [2.05, 4.69) is 56.2 Å². The number of carbonyl (C=O) groups excluding carboxylic acids is 1. The third-order valence-electron chi connectivity index (χ3n) is 12.4. The highest BCUT2D eigenvalue weighted by molar-refractivity contribution is 7.89. The van der Waals surface area contributed by atoms with Crippen LogP contribution < -0.4 is 10.0 Å². The summed E-state index contributed by atoms with van der Waals surface area (Å²) in [6.45, 7) is 7.65. The number of benzene rings is 5. The van der Waals surface area contributed by atoms with Crippen molar-refractivity contribution in [1.82, 2.24) is 19.8 Å². The lowest BCUT2D eigenvalue weighted by atomic mass is 9.98.